The molecule has 0 atom stereocenters. The van der Waals surface area contributed by atoms with Crippen LogP contribution >= 0.6 is 0 Å². The molecule has 0 aliphatic carbocycles. The summed E-state index contributed by atoms with van der Waals surface area (Å²) >= 11 is 0. The highest BCUT2D eigenvalue weighted by atomic mass is 16.5. The highest BCUT2D eigenvalue weighted by Crippen LogP contribution is 2.20. The molecular formula is C24H30N4O. The highest BCUT2D eigenvalue weighted by Gasteiger charge is 2.22. The van der Waals surface area contributed by atoms with E-state index in [1.807, 2.05) is 37.4 Å². The zero-order valence-corrected chi connectivity index (χ0v) is 17.3. The van der Waals surface area contributed by atoms with Gasteiger partial charge in [-0.25, -0.2) is 0 Å². The Balaban J connectivity index is 1.26. The molecule has 1 aromatic heterocycles. The van der Waals surface area contributed by atoms with Crippen molar-refractivity contribution >= 4 is 16.9 Å². The molecule has 4 rings (SSSR count). The van der Waals surface area contributed by atoms with Crippen LogP contribution in [-0.4, -0.2) is 48.6 Å². The van der Waals surface area contributed by atoms with Gasteiger partial charge in [0.05, 0.1) is 0 Å². The Morgan fingerprint density at radius 2 is 1.97 bits per heavy atom. The van der Waals surface area contributed by atoms with Gasteiger partial charge in [0.25, 0.3) is 0 Å². The van der Waals surface area contributed by atoms with Gasteiger partial charge in [-0.1, -0.05) is 30.3 Å². The molecule has 5 heteroatoms. The van der Waals surface area contributed by atoms with Gasteiger partial charge in [-0.05, 0) is 42.7 Å². The van der Waals surface area contributed by atoms with E-state index in [2.05, 4.69) is 51.5 Å². The Morgan fingerprint density at radius 1 is 1.17 bits per heavy atom. The van der Waals surface area contributed by atoms with Crippen molar-refractivity contribution in [2.24, 2.45) is 4.99 Å². The highest BCUT2D eigenvalue weighted by molar-refractivity contribution is 5.84. The molecule has 0 amide bonds. The van der Waals surface area contributed by atoms with E-state index in [0.717, 1.165) is 50.6 Å². The Kier molecular flexibility index (Phi) is 6.03. The predicted octanol–water partition coefficient (Wildman–Crippen LogP) is 4.14. The third-order valence-corrected chi connectivity index (χ3v) is 5.60. The number of rotatable bonds is 5. The minimum atomic E-state index is 0.279. The number of H-pyrrole nitrogens is 1. The summed E-state index contributed by atoms with van der Waals surface area (Å²) in [4.78, 5) is 10.2. The number of para-hydroxylation sites is 1. The zero-order chi connectivity index (χ0) is 20.1. The van der Waals surface area contributed by atoms with Gasteiger partial charge in [0.15, 0.2) is 5.96 Å². The average molecular weight is 391 g/mol. The average Bonchev–Trinajstić information content (AvgIpc) is 3.15. The minimum absolute atomic E-state index is 0.279. The number of benzene rings is 2. The molecule has 3 aromatic rings. The smallest absolute Gasteiger partial charge is 0.193 e. The van der Waals surface area contributed by atoms with Crippen molar-refractivity contribution in [1.82, 2.24) is 15.2 Å². The second kappa shape index (κ2) is 9.03. The maximum atomic E-state index is 6.11. The molecule has 152 valence electrons. The number of likely N-dealkylation sites (tertiary alicyclic amines) is 1. The molecule has 1 saturated heterocycles. The second-order valence-corrected chi connectivity index (χ2v) is 7.70. The van der Waals surface area contributed by atoms with Gasteiger partial charge in [0, 0.05) is 56.6 Å². The van der Waals surface area contributed by atoms with Gasteiger partial charge in [-0.15, -0.1) is 0 Å². The number of aromatic amines is 1. The van der Waals surface area contributed by atoms with Crippen molar-refractivity contribution in [2.75, 3.05) is 26.7 Å². The first-order chi connectivity index (χ1) is 14.2. The SMILES string of the molecule is CN=C(NCCc1c[nH]c2cc(C)ccc12)N1CCC(Oc2ccccc2)CC1. The van der Waals surface area contributed by atoms with Crippen molar-refractivity contribution in [3.05, 3.63) is 65.9 Å². The van der Waals surface area contributed by atoms with Gasteiger partial charge in [0.2, 0.25) is 0 Å². The number of ether oxygens (including phenoxy) is 1. The maximum Gasteiger partial charge on any atom is 0.193 e. The van der Waals surface area contributed by atoms with E-state index >= 15 is 0 Å². The van der Waals surface area contributed by atoms with Crippen LogP contribution in [0.25, 0.3) is 10.9 Å². The van der Waals surface area contributed by atoms with Crippen molar-refractivity contribution in [2.45, 2.75) is 32.3 Å². The number of nitrogens with zero attached hydrogens (tertiary/aromatic N) is 2. The van der Waals surface area contributed by atoms with E-state index < -0.39 is 0 Å². The summed E-state index contributed by atoms with van der Waals surface area (Å²) in [7, 11) is 1.86. The first-order valence-corrected chi connectivity index (χ1v) is 10.5. The van der Waals surface area contributed by atoms with Crippen molar-refractivity contribution in [1.29, 1.82) is 0 Å². The van der Waals surface area contributed by atoms with Crippen molar-refractivity contribution < 1.29 is 4.74 Å². The summed E-state index contributed by atoms with van der Waals surface area (Å²) in [5.41, 5.74) is 3.84. The van der Waals surface area contributed by atoms with E-state index in [4.69, 9.17) is 4.74 Å². The third kappa shape index (κ3) is 4.73. The Morgan fingerprint density at radius 3 is 2.72 bits per heavy atom. The van der Waals surface area contributed by atoms with E-state index in [1.165, 1.54) is 22.0 Å². The molecule has 0 saturated carbocycles. The monoisotopic (exact) mass is 390 g/mol. The van der Waals surface area contributed by atoms with E-state index in [9.17, 15) is 0 Å². The molecule has 0 bridgehead atoms. The van der Waals surface area contributed by atoms with Gasteiger partial charge in [-0.2, -0.15) is 0 Å². The fraction of sp³-hybridized carbons (Fsp3) is 0.375. The van der Waals surface area contributed by atoms with E-state index in [0.29, 0.717) is 0 Å². The lowest BCUT2D eigenvalue weighted by Crippen LogP contribution is -2.47. The number of aromatic nitrogens is 1. The number of fused-ring (bicyclic) bond motifs is 1. The maximum absolute atomic E-state index is 6.11. The standard InChI is InChI=1S/C24H30N4O/c1-18-8-9-22-19(17-27-23(22)16-18)10-13-26-24(25-2)28-14-11-21(12-15-28)29-20-6-4-3-5-7-20/h3-9,16-17,21,27H,10-15H2,1-2H3,(H,25,26). The quantitative estimate of drug-likeness (QED) is 0.509. The zero-order valence-electron chi connectivity index (χ0n) is 17.3. The summed E-state index contributed by atoms with van der Waals surface area (Å²) < 4.78 is 6.11. The molecule has 2 N–H and O–H groups in total. The summed E-state index contributed by atoms with van der Waals surface area (Å²) in [6.07, 6.45) is 5.40. The Bertz CT molecular complexity index is 955. The second-order valence-electron chi connectivity index (χ2n) is 7.70. The lowest BCUT2D eigenvalue weighted by Gasteiger charge is -2.34. The summed E-state index contributed by atoms with van der Waals surface area (Å²) in [6, 6.07) is 16.7. The first-order valence-electron chi connectivity index (χ1n) is 10.5. The number of hydrogen-bond acceptors (Lipinski definition) is 2. The molecule has 0 spiro atoms. The van der Waals surface area contributed by atoms with Crippen LogP contribution in [0.1, 0.15) is 24.0 Å². The van der Waals surface area contributed by atoms with Crippen LogP contribution in [0.15, 0.2) is 59.7 Å². The van der Waals surface area contributed by atoms with Gasteiger partial charge >= 0.3 is 0 Å². The molecule has 5 nitrogen and oxygen atoms in total. The fourth-order valence-corrected chi connectivity index (χ4v) is 4.03. The van der Waals surface area contributed by atoms with Crippen LogP contribution in [0.2, 0.25) is 0 Å². The number of aliphatic imine (C=N–C) groups is 1. The predicted molar refractivity (Wildman–Crippen MR) is 120 cm³/mol. The Hall–Kier alpha value is -2.95. The fourth-order valence-electron chi connectivity index (χ4n) is 4.03. The minimum Gasteiger partial charge on any atom is -0.490 e. The molecule has 0 unspecified atom stereocenters. The number of hydrogen-bond donors (Lipinski definition) is 2. The van der Waals surface area contributed by atoms with Gasteiger partial charge in [-0.3, -0.25) is 4.99 Å². The van der Waals surface area contributed by atoms with Crippen molar-refractivity contribution in [3.63, 3.8) is 0 Å². The van der Waals surface area contributed by atoms with Crippen LogP contribution in [-0.2, 0) is 6.42 Å². The Labute approximate surface area is 172 Å². The van der Waals surface area contributed by atoms with Crippen LogP contribution in [0.5, 0.6) is 5.75 Å². The summed E-state index contributed by atoms with van der Waals surface area (Å²) in [5.74, 6) is 1.95. The number of nitrogens with one attached hydrogen (secondary N) is 2. The van der Waals surface area contributed by atoms with E-state index in [1.54, 1.807) is 0 Å². The van der Waals surface area contributed by atoms with E-state index in [-0.39, 0.29) is 6.10 Å². The summed E-state index contributed by atoms with van der Waals surface area (Å²) in [6.45, 7) is 4.92. The molecule has 1 aliphatic heterocycles. The molecule has 1 aliphatic rings. The molecular weight excluding hydrogens is 360 g/mol. The summed E-state index contributed by atoms with van der Waals surface area (Å²) in [5, 5.41) is 4.85. The number of piperidine rings is 1. The van der Waals surface area contributed by atoms with Crippen LogP contribution in [0, 0.1) is 6.92 Å². The first kappa shape index (κ1) is 19.4. The van der Waals surface area contributed by atoms with Gasteiger partial charge < -0.3 is 19.9 Å². The normalized spacial score (nSPS) is 15.7. The topological polar surface area (TPSA) is 52.7 Å². The molecule has 29 heavy (non-hydrogen) atoms. The lowest BCUT2D eigenvalue weighted by molar-refractivity contribution is 0.129. The molecule has 0 radical (unpaired) electrons. The van der Waals surface area contributed by atoms with Crippen molar-refractivity contribution in [3.8, 4) is 5.75 Å². The third-order valence-electron chi connectivity index (χ3n) is 5.60. The number of aryl methyl sites for hydroxylation is 1. The molecule has 2 aromatic carbocycles. The van der Waals surface area contributed by atoms with Crippen LogP contribution < -0.4 is 10.1 Å². The lowest BCUT2D eigenvalue weighted by atomic mass is 10.1. The molecule has 2 heterocycles. The van der Waals surface area contributed by atoms with Gasteiger partial charge in [0.1, 0.15) is 11.9 Å². The van der Waals surface area contributed by atoms with Crippen LogP contribution in [0.4, 0.5) is 0 Å². The largest absolute Gasteiger partial charge is 0.490 e. The number of guanidine groups is 1. The van der Waals surface area contributed by atoms with Crippen LogP contribution in [0.3, 0.4) is 0 Å². The molecule has 1 fully saturated rings.